The number of hydrogen-bond donors (Lipinski definition) is 1. The zero-order valence-electron chi connectivity index (χ0n) is 11.1. The van der Waals surface area contributed by atoms with Gasteiger partial charge in [-0.25, -0.2) is 0 Å². The first-order chi connectivity index (χ1) is 10.1. The highest BCUT2D eigenvalue weighted by Crippen LogP contribution is 2.35. The maximum absolute atomic E-state index is 6.07. The fourth-order valence-electron chi connectivity index (χ4n) is 2.03. The van der Waals surface area contributed by atoms with Crippen molar-refractivity contribution in [2.24, 2.45) is 0 Å². The summed E-state index contributed by atoms with van der Waals surface area (Å²) in [5.74, 6) is 0.950. The van der Waals surface area contributed by atoms with E-state index in [0.717, 1.165) is 20.1 Å². The first kappa shape index (κ1) is 14.3. The van der Waals surface area contributed by atoms with Gasteiger partial charge in [-0.2, -0.15) is 4.98 Å². The normalized spacial score (nSPS) is 10.8. The molecule has 0 saturated carbocycles. The molecule has 106 valence electrons. The number of nitrogens with zero attached hydrogens (tertiary/aromatic N) is 2. The number of nitrogen functional groups attached to an aromatic ring is 1. The Labute approximate surface area is 138 Å². The molecule has 0 spiro atoms. The van der Waals surface area contributed by atoms with Crippen molar-refractivity contribution < 1.29 is 4.52 Å². The number of halogens is 2. The molecule has 0 aliphatic heterocycles. The number of aryl methyl sites for hydroxylation is 1. The van der Waals surface area contributed by atoms with Crippen molar-refractivity contribution in [3.63, 3.8) is 0 Å². The third kappa shape index (κ3) is 2.73. The second-order valence-electron chi connectivity index (χ2n) is 4.59. The van der Waals surface area contributed by atoms with Crippen molar-refractivity contribution in [1.29, 1.82) is 0 Å². The molecule has 6 heteroatoms. The highest BCUT2D eigenvalue weighted by atomic mass is 79.9. The first-order valence-corrected chi connectivity index (χ1v) is 7.79. The molecule has 4 nitrogen and oxygen atoms in total. The van der Waals surface area contributed by atoms with E-state index in [1.165, 1.54) is 0 Å². The van der Waals surface area contributed by atoms with Crippen LogP contribution in [0.2, 0.25) is 0 Å². The van der Waals surface area contributed by atoms with Crippen molar-refractivity contribution in [3.8, 4) is 22.8 Å². The number of nitrogens with two attached hydrogens (primary N) is 1. The van der Waals surface area contributed by atoms with Gasteiger partial charge in [0, 0.05) is 14.5 Å². The molecule has 0 saturated heterocycles. The third-order valence-corrected chi connectivity index (χ3v) is 4.25. The van der Waals surface area contributed by atoms with Crippen molar-refractivity contribution in [2.45, 2.75) is 6.92 Å². The molecule has 0 aliphatic carbocycles. The maximum Gasteiger partial charge on any atom is 0.260 e. The fourth-order valence-corrected chi connectivity index (χ4v) is 3.25. The predicted octanol–water partition coefficient (Wildman–Crippen LogP) is 4.82. The monoisotopic (exact) mass is 407 g/mol. The van der Waals surface area contributed by atoms with Crippen LogP contribution in [0.3, 0.4) is 0 Å². The van der Waals surface area contributed by atoms with Crippen LogP contribution >= 0.6 is 31.9 Å². The van der Waals surface area contributed by atoms with Gasteiger partial charge < -0.3 is 10.3 Å². The molecule has 0 bridgehead atoms. The van der Waals surface area contributed by atoms with Crippen molar-refractivity contribution in [2.75, 3.05) is 5.73 Å². The molecule has 0 radical (unpaired) electrons. The van der Waals surface area contributed by atoms with Gasteiger partial charge in [-0.3, -0.25) is 0 Å². The highest BCUT2D eigenvalue weighted by Gasteiger charge is 2.16. The lowest BCUT2D eigenvalue weighted by Crippen LogP contribution is -1.92. The van der Waals surface area contributed by atoms with Crippen LogP contribution in [0, 0.1) is 6.92 Å². The van der Waals surface area contributed by atoms with Crippen LogP contribution in [-0.2, 0) is 0 Å². The fraction of sp³-hybridized carbons (Fsp3) is 0.0667. The molecular weight excluding hydrogens is 398 g/mol. The van der Waals surface area contributed by atoms with E-state index in [2.05, 4.69) is 42.0 Å². The summed E-state index contributed by atoms with van der Waals surface area (Å²) in [4.78, 5) is 4.46. The third-order valence-electron chi connectivity index (χ3n) is 3.14. The minimum Gasteiger partial charge on any atom is -0.397 e. The number of hydrogen-bond acceptors (Lipinski definition) is 4. The Morgan fingerprint density at radius 1 is 1.10 bits per heavy atom. The van der Waals surface area contributed by atoms with Gasteiger partial charge in [-0.05, 0) is 40.5 Å². The lowest BCUT2D eigenvalue weighted by molar-refractivity contribution is 0.432. The van der Waals surface area contributed by atoms with Crippen LogP contribution in [0.4, 0.5) is 5.69 Å². The molecule has 2 N–H and O–H groups in total. The maximum atomic E-state index is 6.07. The predicted molar refractivity (Wildman–Crippen MR) is 89.7 cm³/mol. The smallest absolute Gasteiger partial charge is 0.260 e. The molecule has 1 heterocycles. The van der Waals surface area contributed by atoms with E-state index in [9.17, 15) is 0 Å². The summed E-state index contributed by atoms with van der Waals surface area (Å²) >= 11 is 6.84. The molecule has 3 aromatic rings. The minimum atomic E-state index is 0.396. The SMILES string of the molecule is Cc1ccccc1-c1noc(-c2cc(Br)cc(Br)c2N)n1. The Balaban J connectivity index is 2.09. The summed E-state index contributed by atoms with van der Waals surface area (Å²) in [5.41, 5.74) is 9.37. The van der Waals surface area contributed by atoms with E-state index in [1.54, 1.807) is 0 Å². The quantitative estimate of drug-likeness (QED) is 0.617. The molecule has 21 heavy (non-hydrogen) atoms. The summed E-state index contributed by atoms with van der Waals surface area (Å²) in [6.07, 6.45) is 0. The average Bonchev–Trinajstić information content (AvgIpc) is 2.92. The lowest BCUT2D eigenvalue weighted by Gasteiger charge is -2.04. The number of aromatic nitrogens is 2. The zero-order chi connectivity index (χ0) is 15.0. The van der Waals surface area contributed by atoms with Crippen LogP contribution in [-0.4, -0.2) is 10.1 Å². The van der Waals surface area contributed by atoms with Gasteiger partial charge in [0.15, 0.2) is 0 Å². The highest BCUT2D eigenvalue weighted by molar-refractivity contribution is 9.11. The number of benzene rings is 2. The topological polar surface area (TPSA) is 64.9 Å². The molecular formula is C15H11Br2N3O. The van der Waals surface area contributed by atoms with Gasteiger partial charge in [-0.1, -0.05) is 45.4 Å². The van der Waals surface area contributed by atoms with E-state index in [4.69, 9.17) is 10.3 Å². The van der Waals surface area contributed by atoms with Crippen LogP contribution in [0.5, 0.6) is 0 Å². The Morgan fingerprint density at radius 3 is 2.62 bits per heavy atom. The van der Waals surface area contributed by atoms with Crippen molar-refractivity contribution >= 4 is 37.5 Å². The molecule has 1 aromatic heterocycles. The number of anilines is 1. The van der Waals surface area contributed by atoms with Crippen molar-refractivity contribution in [3.05, 3.63) is 50.9 Å². The van der Waals surface area contributed by atoms with E-state index in [0.29, 0.717) is 23.0 Å². The van der Waals surface area contributed by atoms with Gasteiger partial charge in [0.05, 0.1) is 11.3 Å². The molecule has 0 unspecified atom stereocenters. The Morgan fingerprint density at radius 2 is 1.86 bits per heavy atom. The Kier molecular flexibility index (Phi) is 3.82. The van der Waals surface area contributed by atoms with Gasteiger partial charge >= 0.3 is 0 Å². The summed E-state index contributed by atoms with van der Waals surface area (Å²) < 4.78 is 7.03. The second-order valence-corrected chi connectivity index (χ2v) is 6.36. The number of rotatable bonds is 2. The minimum absolute atomic E-state index is 0.396. The summed E-state index contributed by atoms with van der Waals surface area (Å²) in [6.45, 7) is 2.01. The lowest BCUT2D eigenvalue weighted by atomic mass is 10.1. The van der Waals surface area contributed by atoms with Crippen LogP contribution in [0.15, 0.2) is 49.9 Å². The van der Waals surface area contributed by atoms with Crippen LogP contribution in [0.25, 0.3) is 22.8 Å². The van der Waals surface area contributed by atoms with E-state index < -0.39 is 0 Å². The van der Waals surface area contributed by atoms with Gasteiger partial charge in [-0.15, -0.1) is 0 Å². The Bertz CT molecular complexity index is 814. The standard InChI is InChI=1S/C15H11Br2N3O/c1-8-4-2-3-5-10(8)14-19-15(21-20-14)11-6-9(16)7-12(17)13(11)18/h2-7H,18H2,1H3. The molecule has 0 atom stereocenters. The van der Waals surface area contributed by atoms with Crippen molar-refractivity contribution in [1.82, 2.24) is 10.1 Å². The summed E-state index contributed by atoms with van der Waals surface area (Å²) in [5, 5.41) is 4.05. The van der Waals surface area contributed by atoms with E-state index in [1.807, 2.05) is 43.3 Å². The summed E-state index contributed by atoms with van der Waals surface area (Å²) in [6, 6.07) is 11.6. The van der Waals surface area contributed by atoms with E-state index in [-0.39, 0.29) is 0 Å². The van der Waals surface area contributed by atoms with Crippen LogP contribution < -0.4 is 5.73 Å². The zero-order valence-corrected chi connectivity index (χ0v) is 14.3. The second kappa shape index (κ2) is 5.61. The summed E-state index contributed by atoms with van der Waals surface area (Å²) in [7, 11) is 0. The molecule has 3 rings (SSSR count). The molecule has 0 amide bonds. The van der Waals surface area contributed by atoms with Gasteiger partial charge in [0.1, 0.15) is 0 Å². The molecule has 0 fully saturated rings. The average molecular weight is 409 g/mol. The first-order valence-electron chi connectivity index (χ1n) is 6.21. The van der Waals surface area contributed by atoms with Crippen LogP contribution in [0.1, 0.15) is 5.56 Å². The largest absolute Gasteiger partial charge is 0.397 e. The van der Waals surface area contributed by atoms with E-state index >= 15 is 0 Å². The molecule has 2 aromatic carbocycles. The van der Waals surface area contributed by atoms with Gasteiger partial charge in [0.25, 0.3) is 5.89 Å². The van der Waals surface area contributed by atoms with Gasteiger partial charge in [0.2, 0.25) is 5.82 Å². The Hall–Kier alpha value is -1.66. The molecule has 0 aliphatic rings.